The number of aryl methyl sites for hydroxylation is 1. The van der Waals surface area contributed by atoms with Gasteiger partial charge >= 0.3 is 0 Å². The fourth-order valence-electron chi connectivity index (χ4n) is 2.17. The summed E-state index contributed by atoms with van der Waals surface area (Å²) in [6, 6.07) is 7.55. The highest BCUT2D eigenvalue weighted by atomic mass is 32.1. The first-order valence-electron chi connectivity index (χ1n) is 8.57. The lowest BCUT2D eigenvalue weighted by Gasteiger charge is -2.17. The molecule has 0 aliphatic carbocycles. The molecule has 6 heteroatoms. The molecular formula is C18H29N3O2S. The summed E-state index contributed by atoms with van der Waals surface area (Å²) in [4.78, 5) is 11.7. The van der Waals surface area contributed by atoms with E-state index in [1.165, 1.54) is 19.3 Å². The lowest BCUT2D eigenvalue weighted by atomic mass is 9.99. The number of benzene rings is 1. The quantitative estimate of drug-likeness (QED) is 0.471. The van der Waals surface area contributed by atoms with Crippen LogP contribution in [0.15, 0.2) is 24.3 Å². The predicted octanol–water partition coefficient (Wildman–Crippen LogP) is 3.09. The normalized spacial score (nSPS) is 11.5. The van der Waals surface area contributed by atoms with Crippen molar-refractivity contribution >= 4 is 23.2 Å². The van der Waals surface area contributed by atoms with Gasteiger partial charge in [-0.1, -0.05) is 50.8 Å². The van der Waals surface area contributed by atoms with Crippen LogP contribution in [-0.2, 0) is 4.79 Å². The molecule has 1 aromatic carbocycles. The molecule has 0 fully saturated rings. The van der Waals surface area contributed by atoms with Crippen molar-refractivity contribution in [2.24, 2.45) is 5.92 Å². The van der Waals surface area contributed by atoms with Crippen molar-refractivity contribution in [1.29, 1.82) is 0 Å². The molecule has 1 amide bonds. The Bertz CT molecular complexity index is 505. The molecule has 0 heterocycles. The van der Waals surface area contributed by atoms with E-state index in [2.05, 4.69) is 30.0 Å². The van der Waals surface area contributed by atoms with Gasteiger partial charge in [-0.2, -0.15) is 0 Å². The highest BCUT2D eigenvalue weighted by Gasteiger charge is 2.07. The van der Waals surface area contributed by atoms with Crippen LogP contribution in [-0.4, -0.2) is 24.2 Å². The number of amides is 1. The molecule has 0 spiro atoms. The van der Waals surface area contributed by atoms with Crippen molar-refractivity contribution < 1.29 is 9.53 Å². The number of nitrogens with one attached hydrogen (secondary N) is 3. The molecule has 1 atom stereocenters. The Kier molecular flexibility index (Phi) is 9.84. The zero-order chi connectivity index (χ0) is 17.8. The number of ether oxygens (including phenoxy) is 1. The SMILES string of the molecule is CCCC[C@@H](CC)CNC(=S)NNC(=O)COc1ccc(C)cc1. The summed E-state index contributed by atoms with van der Waals surface area (Å²) in [6.07, 6.45) is 4.75. The van der Waals surface area contributed by atoms with E-state index in [-0.39, 0.29) is 12.5 Å². The van der Waals surface area contributed by atoms with Crippen molar-refractivity contribution in [2.75, 3.05) is 13.2 Å². The highest BCUT2D eigenvalue weighted by Crippen LogP contribution is 2.11. The fraction of sp³-hybridized carbons (Fsp3) is 0.556. The molecule has 0 bridgehead atoms. The van der Waals surface area contributed by atoms with Crippen LogP contribution in [0.3, 0.4) is 0 Å². The van der Waals surface area contributed by atoms with Crippen molar-refractivity contribution in [3.63, 3.8) is 0 Å². The number of unbranched alkanes of at least 4 members (excludes halogenated alkanes) is 1. The van der Waals surface area contributed by atoms with E-state index in [1.807, 2.05) is 31.2 Å². The maximum absolute atomic E-state index is 11.7. The zero-order valence-corrected chi connectivity index (χ0v) is 15.7. The second-order valence-corrected chi connectivity index (χ2v) is 6.31. The number of thiocarbonyl (C=S) groups is 1. The van der Waals surface area contributed by atoms with Gasteiger partial charge in [0.15, 0.2) is 11.7 Å². The summed E-state index contributed by atoms with van der Waals surface area (Å²) in [6.45, 7) is 7.13. The van der Waals surface area contributed by atoms with Crippen LogP contribution in [0.1, 0.15) is 45.1 Å². The Morgan fingerprint density at radius 1 is 1.21 bits per heavy atom. The van der Waals surface area contributed by atoms with Crippen molar-refractivity contribution in [3.05, 3.63) is 29.8 Å². The van der Waals surface area contributed by atoms with Gasteiger partial charge in [0.25, 0.3) is 5.91 Å². The van der Waals surface area contributed by atoms with Gasteiger partial charge in [-0.3, -0.25) is 15.6 Å². The first-order chi connectivity index (χ1) is 11.5. The molecule has 1 aromatic rings. The molecule has 0 radical (unpaired) electrons. The summed E-state index contributed by atoms with van der Waals surface area (Å²) < 4.78 is 5.40. The molecule has 0 aromatic heterocycles. The molecular weight excluding hydrogens is 322 g/mol. The van der Waals surface area contributed by atoms with Crippen molar-refractivity contribution in [2.45, 2.75) is 46.5 Å². The first kappa shape index (κ1) is 20.2. The predicted molar refractivity (Wildman–Crippen MR) is 102 cm³/mol. The second-order valence-electron chi connectivity index (χ2n) is 5.90. The van der Waals surface area contributed by atoms with Gasteiger partial charge in [-0.15, -0.1) is 0 Å². The molecule has 24 heavy (non-hydrogen) atoms. The largest absolute Gasteiger partial charge is 0.484 e. The lowest BCUT2D eigenvalue weighted by molar-refractivity contribution is -0.123. The summed E-state index contributed by atoms with van der Waals surface area (Å²) >= 11 is 5.17. The third-order valence-electron chi connectivity index (χ3n) is 3.80. The van der Waals surface area contributed by atoms with Gasteiger partial charge < -0.3 is 10.1 Å². The van der Waals surface area contributed by atoms with Crippen LogP contribution in [0.5, 0.6) is 5.75 Å². The topological polar surface area (TPSA) is 62.4 Å². The zero-order valence-electron chi connectivity index (χ0n) is 14.9. The first-order valence-corrected chi connectivity index (χ1v) is 8.98. The molecule has 3 N–H and O–H groups in total. The maximum Gasteiger partial charge on any atom is 0.276 e. The standard InChI is InChI=1S/C18H29N3O2S/c1-4-6-7-15(5-2)12-19-18(24)21-20-17(22)13-23-16-10-8-14(3)9-11-16/h8-11,15H,4-7,12-13H2,1-3H3,(H,20,22)(H2,19,21,24)/t15-/m1/s1. The molecule has 1 rings (SSSR count). The van der Waals surface area contributed by atoms with Gasteiger partial charge in [-0.25, -0.2) is 0 Å². The van der Waals surface area contributed by atoms with Crippen LogP contribution in [0.25, 0.3) is 0 Å². The van der Waals surface area contributed by atoms with Gasteiger partial charge in [-0.05, 0) is 43.6 Å². The average molecular weight is 352 g/mol. The summed E-state index contributed by atoms with van der Waals surface area (Å²) in [5, 5.41) is 3.57. The summed E-state index contributed by atoms with van der Waals surface area (Å²) in [5.74, 6) is 0.987. The molecule has 0 saturated heterocycles. The van der Waals surface area contributed by atoms with Crippen molar-refractivity contribution in [3.8, 4) is 5.75 Å². The maximum atomic E-state index is 11.7. The van der Waals surface area contributed by atoms with Gasteiger partial charge in [0, 0.05) is 6.54 Å². The Hall–Kier alpha value is -1.82. The van der Waals surface area contributed by atoms with Gasteiger partial charge in [0.1, 0.15) is 5.75 Å². The van der Waals surface area contributed by atoms with Crippen molar-refractivity contribution in [1.82, 2.24) is 16.2 Å². The Morgan fingerprint density at radius 3 is 2.54 bits per heavy atom. The van der Waals surface area contributed by atoms with Crippen LogP contribution in [0.2, 0.25) is 0 Å². The van der Waals surface area contributed by atoms with Crippen LogP contribution >= 0.6 is 12.2 Å². The smallest absolute Gasteiger partial charge is 0.276 e. The van der Waals surface area contributed by atoms with E-state index in [0.29, 0.717) is 16.8 Å². The fourth-order valence-corrected chi connectivity index (χ4v) is 2.30. The van der Waals surface area contributed by atoms with Gasteiger partial charge in [0.05, 0.1) is 0 Å². The van der Waals surface area contributed by atoms with E-state index < -0.39 is 0 Å². The molecule has 134 valence electrons. The third kappa shape index (κ3) is 8.72. The molecule has 0 aliphatic rings. The summed E-state index contributed by atoms with van der Waals surface area (Å²) in [5.41, 5.74) is 6.38. The van der Waals surface area contributed by atoms with Gasteiger partial charge in [0.2, 0.25) is 0 Å². The van der Waals surface area contributed by atoms with Crippen LogP contribution < -0.4 is 20.9 Å². The number of hydrogen-bond acceptors (Lipinski definition) is 3. The lowest BCUT2D eigenvalue weighted by Crippen LogP contribution is -2.49. The monoisotopic (exact) mass is 351 g/mol. The Balaban J connectivity index is 2.18. The third-order valence-corrected chi connectivity index (χ3v) is 4.05. The molecule has 0 aliphatic heterocycles. The van der Waals surface area contributed by atoms with E-state index in [4.69, 9.17) is 17.0 Å². The van der Waals surface area contributed by atoms with E-state index in [0.717, 1.165) is 18.5 Å². The summed E-state index contributed by atoms with van der Waals surface area (Å²) in [7, 11) is 0. The number of carbonyl (C=O) groups excluding carboxylic acids is 1. The number of carbonyl (C=O) groups is 1. The van der Waals surface area contributed by atoms with Crippen LogP contribution in [0.4, 0.5) is 0 Å². The van der Waals surface area contributed by atoms with E-state index in [9.17, 15) is 4.79 Å². The molecule has 5 nitrogen and oxygen atoms in total. The number of hydrogen-bond donors (Lipinski definition) is 3. The number of hydrazine groups is 1. The average Bonchev–Trinajstić information content (AvgIpc) is 2.59. The molecule has 0 unspecified atom stereocenters. The van der Waals surface area contributed by atoms with E-state index >= 15 is 0 Å². The molecule has 0 saturated carbocycles. The highest BCUT2D eigenvalue weighted by molar-refractivity contribution is 7.80. The minimum Gasteiger partial charge on any atom is -0.484 e. The Labute approximate surface area is 150 Å². The number of rotatable bonds is 9. The van der Waals surface area contributed by atoms with E-state index in [1.54, 1.807) is 0 Å². The minimum atomic E-state index is -0.280. The Morgan fingerprint density at radius 2 is 1.92 bits per heavy atom. The van der Waals surface area contributed by atoms with Crippen LogP contribution in [0, 0.1) is 12.8 Å². The minimum absolute atomic E-state index is 0.0627. The second kappa shape index (κ2) is 11.7.